The minimum Gasteiger partial charge on any atom is -0.274 e. The van der Waals surface area contributed by atoms with Crippen LogP contribution < -0.4 is 0 Å². The predicted molar refractivity (Wildman–Crippen MR) is 121 cm³/mol. The number of benzene rings is 2. The Kier molecular flexibility index (Phi) is 7.96. The zero-order valence-corrected chi connectivity index (χ0v) is 18.3. The molecular weight excluding hydrogens is 402 g/mol. The fourth-order valence-corrected chi connectivity index (χ4v) is 4.54. The summed E-state index contributed by atoms with van der Waals surface area (Å²) in [5.41, 5.74) is 1.21. The molecule has 0 spiro atoms. The van der Waals surface area contributed by atoms with E-state index in [2.05, 4.69) is 6.92 Å². The minimum atomic E-state index is -0.204. The van der Waals surface area contributed by atoms with Crippen LogP contribution >= 0.6 is 23.4 Å². The van der Waals surface area contributed by atoms with E-state index in [1.54, 1.807) is 12.1 Å². The van der Waals surface area contributed by atoms with Crippen LogP contribution in [0.4, 0.5) is 0 Å². The summed E-state index contributed by atoms with van der Waals surface area (Å²) in [5, 5.41) is 0.604. The first-order valence-electron chi connectivity index (χ1n) is 10.2. The molecule has 0 bridgehead atoms. The standard InChI is InChI=1S/C24H26ClNO2S/c1-2-3-4-5-6-10-17-26-23(27)21(18-13-15-19(25)16-14-18)22(24(26)28)29-20-11-8-7-9-12-20/h7-9,11-16H,2-6,10,17H2,1H3. The molecule has 0 aliphatic carbocycles. The van der Waals surface area contributed by atoms with E-state index in [4.69, 9.17) is 11.6 Å². The first kappa shape index (κ1) is 21.7. The molecule has 5 heteroatoms. The van der Waals surface area contributed by atoms with Crippen molar-refractivity contribution in [3.05, 3.63) is 70.1 Å². The van der Waals surface area contributed by atoms with Crippen LogP contribution in [0.15, 0.2) is 64.4 Å². The quantitative estimate of drug-likeness (QED) is 0.317. The monoisotopic (exact) mass is 427 g/mol. The molecule has 1 aliphatic heterocycles. The fraction of sp³-hybridized carbons (Fsp3) is 0.333. The third-order valence-corrected chi connectivity index (χ3v) is 6.30. The second-order valence-electron chi connectivity index (χ2n) is 7.16. The number of carbonyl (C=O) groups excluding carboxylic acids is 2. The molecule has 29 heavy (non-hydrogen) atoms. The molecular formula is C24H26ClNO2S. The van der Waals surface area contributed by atoms with E-state index in [9.17, 15) is 9.59 Å². The Balaban J connectivity index is 1.80. The smallest absolute Gasteiger partial charge is 0.268 e. The Labute approximate surface area is 182 Å². The predicted octanol–water partition coefficient (Wildman–Crippen LogP) is 6.57. The van der Waals surface area contributed by atoms with E-state index in [0.29, 0.717) is 22.0 Å². The lowest BCUT2D eigenvalue weighted by molar-refractivity contribution is -0.136. The molecule has 3 nitrogen and oxygen atoms in total. The summed E-state index contributed by atoms with van der Waals surface area (Å²) in [5.74, 6) is -0.397. The summed E-state index contributed by atoms with van der Waals surface area (Å²) in [7, 11) is 0. The van der Waals surface area contributed by atoms with Gasteiger partial charge in [0.05, 0.1) is 10.5 Å². The number of hydrogen-bond donors (Lipinski definition) is 0. The zero-order chi connectivity index (χ0) is 20.6. The largest absolute Gasteiger partial charge is 0.274 e. The van der Waals surface area contributed by atoms with Crippen LogP contribution in [0, 0.1) is 0 Å². The highest BCUT2D eigenvalue weighted by Crippen LogP contribution is 2.39. The number of thioether (sulfide) groups is 1. The highest BCUT2D eigenvalue weighted by atomic mass is 35.5. The van der Waals surface area contributed by atoms with Crippen LogP contribution in [0.5, 0.6) is 0 Å². The molecule has 1 heterocycles. The van der Waals surface area contributed by atoms with Crippen molar-refractivity contribution in [1.82, 2.24) is 4.90 Å². The summed E-state index contributed by atoms with van der Waals surface area (Å²) >= 11 is 7.37. The number of hydrogen-bond acceptors (Lipinski definition) is 3. The first-order chi connectivity index (χ1) is 14.1. The van der Waals surface area contributed by atoms with Crippen LogP contribution in [-0.2, 0) is 9.59 Å². The van der Waals surface area contributed by atoms with Crippen LogP contribution in [0.25, 0.3) is 5.57 Å². The maximum Gasteiger partial charge on any atom is 0.268 e. The fourth-order valence-electron chi connectivity index (χ4n) is 3.38. The molecule has 2 aromatic carbocycles. The van der Waals surface area contributed by atoms with Crippen molar-refractivity contribution in [2.75, 3.05) is 6.54 Å². The number of unbranched alkanes of at least 4 members (excludes halogenated alkanes) is 5. The third kappa shape index (κ3) is 5.52. The van der Waals surface area contributed by atoms with Crippen LogP contribution in [0.2, 0.25) is 5.02 Å². The van der Waals surface area contributed by atoms with Crippen LogP contribution in [-0.4, -0.2) is 23.3 Å². The van der Waals surface area contributed by atoms with Gasteiger partial charge in [-0.1, -0.05) is 92.7 Å². The van der Waals surface area contributed by atoms with Crippen molar-refractivity contribution in [2.45, 2.75) is 50.3 Å². The molecule has 0 radical (unpaired) electrons. The molecule has 1 aliphatic rings. The molecule has 0 atom stereocenters. The van der Waals surface area contributed by atoms with Crippen molar-refractivity contribution < 1.29 is 9.59 Å². The number of imide groups is 1. The number of carbonyl (C=O) groups is 2. The first-order valence-corrected chi connectivity index (χ1v) is 11.4. The number of rotatable bonds is 10. The van der Waals surface area contributed by atoms with Crippen molar-refractivity contribution in [3.8, 4) is 0 Å². The van der Waals surface area contributed by atoms with Gasteiger partial charge in [0.2, 0.25) is 0 Å². The molecule has 2 amide bonds. The molecule has 2 aromatic rings. The maximum atomic E-state index is 13.2. The van der Waals surface area contributed by atoms with E-state index in [-0.39, 0.29) is 11.8 Å². The Hall–Kier alpha value is -2.04. The van der Waals surface area contributed by atoms with Gasteiger partial charge in [-0.2, -0.15) is 0 Å². The van der Waals surface area contributed by atoms with Gasteiger partial charge in [-0.3, -0.25) is 14.5 Å². The molecule has 0 fully saturated rings. The van der Waals surface area contributed by atoms with E-state index < -0.39 is 0 Å². The van der Waals surface area contributed by atoms with Crippen molar-refractivity contribution in [2.24, 2.45) is 0 Å². The summed E-state index contributed by atoms with van der Waals surface area (Å²) in [6.45, 7) is 2.66. The van der Waals surface area contributed by atoms with Crippen molar-refractivity contribution >= 4 is 40.8 Å². The van der Waals surface area contributed by atoms with Gasteiger partial charge in [0.25, 0.3) is 11.8 Å². The summed E-state index contributed by atoms with van der Waals surface area (Å²) < 4.78 is 0. The lowest BCUT2D eigenvalue weighted by Gasteiger charge is -2.15. The Morgan fingerprint density at radius 3 is 2.17 bits per heavy atom. The van der Waals surface area contributed by atoms with Gasteiger partial charge < -0.3 is 0 Å². The topological polar surface area (TPSA) is 37.4 Å². The van der Waals surface area contributed by atoms with Crippen LogP contribution in [0.3, 0.4) is 0 Å². The SMILES string of the molecule is CCCCCCCCN1C(=O)C(Sc2ccccc2)=C(c2ccc(Cl)cc2)C1=O. The molecule has 0 unspecified atom stereocenters. The van der Waals surface area contributed by atoms with Crippen molar-refractivity contribution in [1.29, 1.82) is 0 Å². The van der Waals surface area contributed by atoms with Gasteiger partial charge in [-0.25, -0.2) is 0 Å². The molecule has 0 N–H and O–H groups in total. The zero-order valence-electron chi connectivity index (χ0n) is 16.7. The number of nitrogens with zero attached hydrogens (tertiary/aromatic N) is 1. The van der Waals surface area contributed by atoms with Crippen molar-refractivity contribution in [3.63, 3.8) is 0 Å². The Morgan fingerprint density at radius 2 is 1.48 bits per heavy atom. The second-order valence-corrected chi connectivity index (χ2v) is 8.68. The van der Waals surface area contributed by atoms with Gasteiger partial charge in [0, 0.05) is 16.5 Å². The average molecular weight is 428 g/mol. The summed E-state index contributed by atoms with van der Waals surface area (Å²) in [4.78, 5) is 29.2. The Bertz CT molecular complexity index is 878. The van der Waals surface area contributed by atoms with Gasteiger partial charge in [0.15, 0.2) is 0 Å². The van der Waals surface area contributed by atoms with E-state index in [1.807, 2.05) is 42.5 Å². The molecule has 0 saturated heterocycles. The van der Waals surface area contributed by atoms with Crippen LogP contribution in [0.1, 0.15) is 51.0 Å². The normalized spacial score (nSPS) is 14.2. The average Bonchev–Trinajstić information content (AvgIpc) is 2.96. The summed E-state index contributed by atoms with van der Waals surface area (Å²) in [6.07, 6.45) is 6.68. The highest BCUT2D eigenvalue weighted by molar-refractivity contribution is 8.04. The van der Waals surface area contributed by atoms with Gasteiger partial charge in [-0.05, 0) is 36.2 Å². The van der Waals surface area contributed by atoms with Gasteiger partial charge in [-0.15, -0.1) is 0 Å². The number of amides is 2. The van der Waals surface area contributed by atoms with E-state index in [0.717, 1.165) is 29.7 Å². The Morgan fingerprint density at radius 1 is 0.828 bits per heavy atom. The van der Waals surface area contributed by atoms with E-state index >= 15 is 0 Å². The lowest BCUT2D eigenvalue weighted by Crippen LogP contribution is -2.32. The third-order valence-electron chi connectivity index (χ3n) is 4.96. The van der Waals surface area contributed by atoms with Gasteiger partial charge >= 0.3 is 0 Å². The van der Waals surface area contributed by atoms with E-state index in [1.165, 1.54) is 35.9 Å². The highest BCUT2D eigenvalue weighted by Gasteiger charge is 2.39. The molecule has 0 aromatic heterocycles. The second kappa shape index (κ2) is 10.7. The summed E-state index contributed by atoms with van der Waals surface area (Å²) in [6, 6.07) is 16.8. The molecule has 0 saturated carbocycles. The minimum absolute atomic E-state index is 0.192. The van der Waals surface area contributed by atoms with Gasteiger partial charge in [0.1, 0.15) is 0 Å². The lowest BCUT2D eigenvalue weighted by atomic mass is 10.1. The molecule has 3 rings (SSSR count). The number of halogens is 1. The maximum absolute atomic E-state index is 13.2. The molecule has 152 valence electrons.